The largest absolute Gasteiger partial charge is 0.335 e. The van der Waals surface area contributed by atoms with Crippen LogP contribution in [-0.2, 0) is 16.1 Å². The number of carbonyl (C=O) groups excluding carboxylic acids is 2. The van der Waals surface area contributed by atoms with Crippen molar-refractivity contribution in [1.82, 2.24) is 4.90 Å². The second kappa shape index (κ2) is 9.43. The number of nitrogens with one attached hydrogen (secondary N) is 1. The van der Waals surface area contributed by atoms with Crippen molar-refractivity contribution < 1.29 is 9.59 Å². The van der Waals surface area contributed by atoms with Gasteiger partial charge in [0.2, 0.25) is 11.8 Å². The van der Waals surface area contributed by atoms with Crippen LogP contribution in [0.25, 0.3) is 0 Å². The molecule has 0 aliphatic carbocycles. The molecule has 0 radical (unpaired) electrons. The summed E-state index contributed by atoms with van der Waals surface area (Å²) in [7, 11) is 0. The average molecular weight is 371 g/mol. The van der Waals surface area contributed by atoms with Crippen molar-refractivity contribution in [2.24, 2.45) is 0 Å². The molecule has 2 amide bonds. The van der Waals surface area contributed by atoms with E-state index in [0.29, 0.717) is 6.54 Å². The number of benzene rings is 2. The highest BCUT2D eigenvalue weighted by molar-refractivity contribution is 8.00. The van der Waals surface area contributed by atoms with E-state index in [1.165, 1.54) is 18.7 Å². The van der Waals surface area contributed by atoms with Crippen LogP contribution < -0.4 is 5.32 Å². The van der Waals surface area contributed by atoms with Gasteiger partial charge in [-0.15, -0.1) is 11.8 Å². The van der Waals surface area contributed by atoms with Crippen LogP contribution in [0.2, 0.25) is 0 Å². The molecule has 26 heavy (non-hydrogen) atoms. The Morgan fingerprint density at radius 2 is 1.62 bits per heavy atom. The smallest absolute Gasteiger partial charge is 0.236 e. The van der Waals surface area contributed by atoms with Gasteiger partial charge in [-0.05, 0) is 50.6 Å². The van der Waals surface area contributed by atoms with E-state index < -0.39 is 0 Å². The Hall–Kier alpha value is -2.27. The van der Waals surface area contributed by atoms with Gasteiger partial charge in [0.05, 0.1) is 5.25 Å². The van der Waals surface area contributed by atoms with Crippen molar-refractivity contribution in [3.05, 3.63) is 60.2 Å². The number of anilines is 1. The third kappa shape index (κ3) is 5.92. The van der Waals surface area contributed by atoms with Crippen molar-refractivity contribution in [3.63, 3.8) is 0 Å². The third-order valence-corrected chi connectivity index (χ3v) is 5.04. The minimum absolute atomic E-state index is 0.0950. The topological polar surface area (TPSA) is 49.4 Å². The first kappa shape index (κ1) is 20.0. The Labute approximate surface area is 160 Å². The molecule has 0 spiro atoms. The van der Waals surface area contributed by atoms with E-state index in [1.807, 2.05) is 80.3 Å². The Balaban J connectivity index is 2.02. The number of carbonyl (C=O) groups is 2. The van der Waals surface area contributed by atoms with Crippen LogP contribution in [0.4, 0.5) is 5.69 Å². The zero-order chi connectivity index (χ0) is 19.1. The molecule has 0 bridgehead atoms. The van der Waals surface area contributed by atoms with Crippen LogP contribution in [0.5, 0.6) is 0 Å². The second-order valence-corrected chi connectivity index (χ2v) is 7.93. The van der Waals surface area contributed by atoms with Crippen molar-refractivity contribution in [3.8, 4) is 0 Å². The van der Waals surface area contributed by atoms with E-state index in [9.17, 15) is 9.59 Å². The maximum absolute atomic E-state index is 13.0. The fourth-order valence-corrected chi connectivity index (χ4v) is 3.54. The van der Waals surface area contributed by atoms with E-state index >= 15 is 0 Å². The summed E-state index contributed by atoms with van der Waals surface area (Å²) in [4.78, 5) is 27.0. The van der Waals surface area contributed by atoms with Crippen LogP contribution in [0, 0.1) is 0 Å². The van der Waals surface area contributed by atoms with Gasteiger partial charge in [-0.2, -0.15) is 0 Å². The minimum atomic E-state index is -0.187. The highest BCUT2D eigenvalue weighted by Crippen LogP contribution is 2.27. The monoisotopic (exact) mass is 370 g/mol. The van der Waals surface area contributed by atoms with Gasteiger partial charge in [0.25, 0.3) is 0 Å². The Bertz CT molecular complexity index is 729. The highest BCUT2D eigenvalue weighted by Gasteiger charge is 2.23. The summed E-state index contributed by atoms with van der Waals surface area (Å²) >= 11 is 1.53. The van der Waals surface area contributed by atoms with Crippen LogP contribution >= 0.6 is 11.8 Å². The Morgan fingerprint density at radius 3 is 2.15 bits per heavy atom. The second-order valence-electron chi connectivity index (χ2n) is 6.51. The van der Waals surface area contributed by atoms with Crippen molar-refractivity contribution in [2.45, 2.75) is 50.4 Å². The van der Waals surface area contributed by atoms with Crippen molar-refractivity contribution in [1.29, 1.82) is 0 Å². The maximum atomic E-state index is 13.0. The molecule has 0 saturated carbocycles. The minimum Gasteiger partial charge on any atom is -0.335 e. The summed E-state index contributed by atoms with van der Waals surface area (Å²) in [6.07, 6.45) is 0. The van der Waals surface area contributed by atoms with E-state index in [-0.39, 0.29) is 23.1 Å². The molecule has 5 heteroatoms. The van der Waals surface area contributed by atoms with Gasteiger partial charge < -0.3 is 10.2 Å². The summed E-state index contributed by atoms with van der Waals surface area (Å²) in [6, 6.07) is 17.7. The van der Waals surface area contributed by atoms with Gasteiger partial charge in [0.1, 0.15) is 0 Å². The fourth-order valence-electron chi connectivity index (χ4n) is 2.60. The molecule has 0 aromatic heterocycles. The molecular weight excluding hydrogens is 344 g/mol. The molecule has 2 rings (SSSR count). The normalized spacial score (nSPS) is 11.9. The lowest BCUT2D eigenvalue weighted by molar-refractivity contribution is -0.132. The maximum Gasteiger partial charge on any atom is 0.236 e. The first-order valence-electron chi connectivity index (χ1n) is 8.75. The van der Waals surface area contributed by atoms with E-state index in [2.05, 4.69) is 5.32 Å². The molecule has 0 aliphatic heterocycles. The lowest BCUT2D eigenvalue weighted by Gasteiger charge is -2.29. The first-order chi connectivity index (χ1) is 12.4. The van der Waals surface area contributed by atoms with E-state index in [4.69, 9.17) is 0 Å². The zero-order valence-corrected chi connectivity index (χ0v) is 16.5. The number of nitrogens with zero attached hydrogens (tertiary/aromatic N) is 1. The molecule has 1 unspecified atom stereocenters. The molecular formula is C21H26N2O2S. The highest BCUT2D eigenvalue weighted by atomic mass is 32.2. The van der Waals surface area contributed by atoms with Gasteiger partial charge in [-0.1, -0.05) is 30.3 Å². The molecule has 0 aliphatic rings. The predicted octanol–water partition coefficient (Wildman–Crippen LogP) is 4.56. The van der Waals surface area contributed by atoms with Gasteiger partial charge in [0, 0.05) is 30.1 Å². The summed E-state index contributed by atoms with van der Waals surface area (Å²) in [5.74, 6) is 0.0298. The third-order valence-electron chi connectivity index (χ3n) is 3.94. The lowest BCUT2D eigenvalue weighted by Crippen LogP contribution is -2.40. The van der Waals surface area contributed by atoms with Crippen LogP contribution in [0.1, 0.15) is 33.3 Å². The standard InChI is InChI=1S/C21H26N2O2S/c1-15(2)23(14-18-8-6-5-7-9-18)21(25)16(3)26-20-12-10-19(11-13-20)22-17(4)24/h5-13,15-16H,14H2,1-4H3,(H,22,24). The van der Waals surface area contributed by atoms with Gasteiger partial charge in [0.15, 0.2) is 0 Å². The zero-order valence-electron chi connectivity index (χ0n) is 15.7. The number of rotatable bonds is 7. The van der Waals surface area contributed by atoms with Gasteiger partial charge in [-0.25, -0.2) is 0 Å². The molecule has 2 aromatic carbocycles. The molecule has 4 nitrogen and oxygen atoms in total. The molecule has 1 N–H and O–H groups in total. The van der Waals surface area contributed by atoms with Crippen LogP contribution in [-0.4, -0.2) is 28.0 Å². The molecule has 0 fully saturated rings. The van der Waals surface area contributed by atoms with Crippen LogP contribution in [0.15, 0.2) is 59.5 Å². The SMILES string of the molecule is CC(=O)Nc1ccc(SC(C)C(=O)N(Cc2ccccc2)C(C)C)cc1. The number of amides is 2. The Morgan fingerprint density at radius 1 is 1.00 bits per heavy atom. The van der Waals surface area contributed by atoms with Gasteiger partial charge in [-0.3, -0.25) is 9.59 Å². The first-order valence-corrected chi connectivity index (χ1v) is 9.63. The fraction of sp³-hybridized carbons (Fsp3) is 0.333. The summed E-state index contributed by atoms with van der Waals surface area (Å²) in [5, 5.41) is 2.56. The quantitative estimate of drug-likeness (QED) is 0.727. The summed E-state index contributed by atoms with van der Waals surface area (Å²) < 4.78 is 0. The number of hydrogen-bond acceptors (Lipinski definition) is 3. The summed E-state index contributed by atoms with van der Waals surface area (Å²) in [5.41, 5.74) is 1.89. The lowest BCUT2D eigenvalue weighted by atomic mass is 10.2. The molecule has 2 aromatic rings. The van der Waals surface area contributed by atoms with Crippen LogP contribution in [0.3, 0.4) is 0 Å². The molecule has 1 atom stereocenters. The van der Waals surface area contributed by atoms with E-state index in [0.717, 1.165) is 16.1 Å². The molecule has 0 heterocycles. The Kier molecular flexibility index (Phi) is 7.27. The summed E-state index contributed by atoms with van der Waals surface area (Å²) in [6.45, 7) is 8.12. The number of thioether (sulfide) groups is 1. The van der Waals surface area contributed by atoms with Crippen molar-refractivity contribution >= 4 is 29.3 Å². The molecule has 0 saturated heterocycles. The van der Waals surface area contributed by atoms with Gasteiger partial charge >= 0.3 is 0 Å². The predicted molar refractivity (Wildman–Crippen MR) is 108 cm³/mol. The number of hydrogen-bond donors (Lipinski definition) is 1. The molecule has 138 valence electrons. The van der Waals surface area contributed by atoms with E-state index in [1.54, 1.807) is 0 Å². The average Bonchev–Trinajstić information content (AvgIpc) is 2.61. The van der Waals surface area contributed by atoms with Crippen molar-refractivity contribution in [2.75, 3.05) is 5.32 Å².